The minimum atomic E-state index is -4.35. The minimum Gasteiger partial charge on any atom is -0.381 e. The van der Waals surface area contributed by atoms with Crippen LogP contribution in [0, 0.1) is 0 Å². The third-order valence-electron chi connectivity index (χ3n) is 3.07. The van der Waals surface area contributed by atoms with Crippen LogP contribution in [-0.2, 0) is 28.5 Å². The average Bonchev–Trinajstić information content (AvgIpc) is 2.43. The first kappa shape index (κ1) is 17.3. The number of benzene rings is 2. The summed E-state index contributed by atoms with van der Waals surface area (Å²) in [6.45, 7) is 0.316. The summed E-state index contributed by atoms with van der Waals surface area (Å²) in [5, 5.41) is 8.02. The maximum Gasteiger partial charge on any atom is 0.416 e. The molecule has 4 nitrogen and oxygen atoms in total. The Kier molecular flexibility index (Phi) is 4.96. The lowest BCUT2D eigenvalue weighted by Crippen LogP contribution is -2.14. The van der Waals surface area contributed by atoms with Gasteiger partial charge in [0.05, 0.1) is 11.3 Å². The van der Waals surface area contributed by atoms with E-state index in [0.717, 1.165) is 12.1 Å². The number of alkyl halides is 3. The van der Waals surface area contributed by atoms with Crippen LogP contribution in [0.2, 0.25) is 0 Å². The number of primary sulfonamides is 1. The van der Waals surface area contributed by atoms with Gasteiger partial charge >= 0.3 is 6.18 Å². The summed E-state index contributed by atoms with van der Waals surface area (Å²) in [6, 6.07) is 11.5. The molecule has 0 saturated heterocycles. The Labute approximate surface area is 132 Å². The second kappa shape index (κ2) is 6.59. The molecule has 0 spiro atoms. The molecule has 0 atom stereocenters. The summed E-state index contributed by atoms with van der Waals surface area (Å²) in [7, 11) is -3.61. The number of halogens is 3. The highest BCUT2D eigenvalue weighted by atomic mass is 32.2. The lowest BCUT2D eigenvalue weighted by molar-refractivity contribution is -0.137. The first-order valence-electron chi connectivity index (χ1n) is 6.63. The summed E-state index contributed by atoms with van der Waals surface area (Å²) in [4.78, 5) is 0. The van der Waals surface area contributed by atoms with Gasteiger partial charge in [0.1, 0.15) is 0 Å². The first-order valence-corrected chi connectivity index (χ1v) is 8.34. The van der Waals surface area contributed by atoms with Gasteiger partial charge in [0.15, 0.2) is 0 Å². The van der Waals surface area contributed by atoms with Gasteiger partial charge in [0.25, 0.3) is 0 Å². The highest BCUT2D eigenvalue weighted by Gasteiger charge is 2.29. The van der Waals surface area contributed by atoms with E-state index >= 15 is 0 Å². The fraction of sp³-hybridized carbons (Fsp3) is 0.200. The van der Waals surface area contributed by atoms with Crippen molar-refractivity contribution in [1.29, 1.82) is 0 Å². The number of nitrogens with one attached hydrogen (secondary N) is 1. The molecular formula is C15H15F3N2O2S. The van der Waals surface area contributed by atoms with Crippen LogP contribution in [0.1, 0.15) is 16.7 Å². The SMILES string of the molecule is NS(=O)(=O)Cc1cccc(NCc2ccc(C(F)(F)F)cc2)c1. The Morgan fingerprint density at radius 3 is 2.22 bits per heavy atom. The third kappa shape index (κ3) is 5.57. The molecule has 23 heavy (non-hydrogen) atoms. The number of hydrogen-bond acceptors (Lipinski definition) is 3. The van der Waals surface area contributed by atoms with E-state index in [2.05, 4.69) is 5.32 Å². The van der Waals surface area contributed by atoms with E-state index < -0.39 is 21.8 Å². The Balaban J connectivity index is 2.02. The quantitative estimate of drug-likeness (QED) is 0.875. The molecule has 2 aromatic rings. The molecule has 0 heterocycles. The molecule has 0 aliphatic rings. The number of nitrogens with two attached hydrogens (primary N) is 1. The van der Waals surface area contributed by atoms with Crippen molar-refractivity contribution in [2.75, 3.05) is 5.32 Å². The van der Waals surface area contributed by atoms with Crippen LogP contribution in [-0.4, -0.2) is 8.42 Å². The van der Waals surface area contributed by atoms with E-state index in [-0.39, 0.29) is 5.75 Å². The fourth-order valence-corrected chi connectivity index (χ4v) is 2.66. The van der Waals surface area contributed by atoms with Crippen molar-refractivity contribution in [3.63, 3.8) is 0 Å². The smallest absolute Gasteiger partial charge is 0.381 e. The lowest BCUT2D eigenvalue weighted by atomic mass is 10.1. The zero-order valence-corrected chi connectivity index (χ0v) is 12.8. The Morgan fingerprint density at radius 1 is 1.00 bits per heavy atom. The highest BCUT2D eigenvalue weighted by molar-refractivity contribution is 7.88. The summed E-state index contributed by atoms with van der Waals surface area (Å²) in [6.07, 6.45) is -4.35. The molecule has 2 rings (SSSR count). The molecular weight excluding hydrogens is 329 g/mol. The molecule has 2 aromatic carbocycles. The maximum atomic E-state index is 12.5. The van der Waals surface area contributed by atoms with Gasteiger partial charge in [0.2, 0.25) is 10.0 Å². The molecule has 0 fully saturated rings. The fourth-order valence-electron chi connectivity index (χ4n) is 2.02. The summed E-state index contributed by atoms with van der Waals surface area (Å²) >= 11 is 0. The van der Waals surface area contributed by atoms with Gasteiger partial charge < -0.3 is 5.32 Å². The summed E-state index contributed by atoms with van der Waals surface area (Å²) < 4.78 is 59.6. The van der Waals surface area contributed by atoms with Gasteiger partial charge in [-0.15, -0.1) is 0 Å². The highest BCUT2D eigenvalue weighted by Crippen LogP contribution is 2.29. The van der Waals surface area contributed by atoms with Crippen molar-refractivity contribution >= 4 is 15.7 Å². The van der Waals surface area contributed by atoms with E-state index in [0.29, 0.717) is 23.4 Å². The predicted octanol–water partition coefficient (Wildman–Crippen LogP) is 3.11. The largest absolute Gasteiger partial charge is 0.416 e. The molecule has 0 amide bonds. The molecule has 0 bridgehead atoms. The molecule has 0 unspecified atom stereocenters. The number of rotatable bonds is 5. The van der Waals surface area contributed by atoms with Gasteiger partial charge in [-0.05, 0) is 35.4 Å². The lowest BCUT2D eigenvalue weighted by Gasteiger charge is -2.10. The number of sulfonamides is 1. The predicted molar refractivity (Wildman–Crippen MR) is 82.0 cm³/mol. The summed E-state index contributed by atoms with van der Waals surface area (Å²) in [5.74, 6) is -0.275. The van der Waals surface area contributed by atoms with Crippen LogP contribution >= 0.6 is 0 Å². The van der Waals surface area contributed by atoms with E-state index in [4.69, 9.17) is 5.14 Å². The topological polar surface area (TPSA) is 72.2 Å². The molecule has 3 N–H and O–H groups in total. The van der Waals surface area contributed by atoms with Crippen molar-refractivity contribution in [1.82, 2.24) is 0 Å². The normalized spacial score (nSPS) is 12.2. The molecule has 0 aliphatic carbocycles. The Bertz CT molecular complexity index is 772. The number of hydrogen-bond donors (Lipinski definition) is 2. The second-order valence-electron chi connectivity index (χ2n) is 5.06. The molecule has 0 aliphatic heterocycles. The number of anilines is 1. The van der Waals surface area contributed by atoms with Crippen molar-refractivity contribution < 1.29 is 21.6 Å². The molecule has 0 aromatic heterocycles. The summed E-state index contributed by atoms with van der Waals surface area (Å²) in [5.41, 5.74) is 1.17. The van der Waals surface area contributed by atoms with Gasteiger partial charge in [-0.2, -0.15) is 13.2 Å². The van der Waals surface area contributed by atoms with E-state index in [1.807, 2.05) is 0 Å². The molecule has 8 heteroatoms. The van der Waals surface area contributed by atoms with Crippen molar-refractivity contribution in [2.24, 2.45) is 5.14 Å². The van der Waals surface area contributed by atoms with Crippen molar-refractivity contribution in [3.05, 3.63) is 65.2 Å². The zero-order valence-electron chi connectivity index (χ0n) is 12.0. The second-order valence-corrected chi connectivity index (χ2v) is 6.67. The van der Waals surface area contributed by atoms with E-state index in [1.54, 1.807) is 24.3 Å². The Morgan fingerprint density at radius 2 is 1.65 bits per heavy atom. The van der Waals surface area contributed by atoms with Crippen LogP contribution in [0.15, 0.2) is 48.5 Å². The molecule has 124 valence electrons. The molecule has 0 saturated carbocycles. The van der Waals surface area contributed by atoms with Crippen molar-refractivity contribution in [3.8, 4) is 0 Å². The van der Waals surface area contributed by atoms with Gasteiger partial charge in [-0.1, -0.05) is 24.3 Å². The van der Waals surface area contributed by atoms with Gasteiger partial charge in [-0.3, -0.25) is 0 Å². The first-order chi connectivity index (χ1) is 10.6. The molecule has 0 radical (unpaired) electrons. The monoisotopic (exact) mass is 344 g/mol. The minimum absolute atomic E-state index is 0.275. The average molecular weight is 344 g/mol. The van der Waals surface area contributed by atoms with Crippen LogP contribution in [0.25, 0.3) is 0 Å². The zero-order chi connectivity index (χ0) is 17.1. The van der Waals surface area contributed by atoms with E-state index in [1.165, 1.54) is 12.1 Å². The Hall–Kier alpha value is -2.06. The van der Waals surface area contributed by atoms with Crippen LogP contribution < -0.4 is 10.5 Å². The maximum absolute atomic E-state index is 12.5. The van der Waals surface area contributed by atoms with Gasteiger partial charge in [0, 0.05) is 12.2 Å². The van der Waals surface area contributed by atoms with Crippen LogP contribution in [0.5, 0.6) is 0 Å². The standard InChI is InChI=1S/C15H15F3N2O2S/c16-15(17,18)13-6-4-11(5-7-13)9-20-14-3-1-2-12(8-14)10-23(19,21)22/h1-8,20H,9-10H2,(H2,19,21,22). The van der Waals surface area contributed by atoms with Gasteiger partial charge in [-0.25, -0.2) is 13.6 Å². The van der Waals surface area contributed by atoms with Crippen molar-refractivity contribution in [2.45, 2.75) is 18.5 Å². The van der Waals surface area contributed by atoms with Crippen LogP contribution in [0.3, 0.4) is 0 Å². The van der Waals surface area contributed by atoms with E-state index in [9.17, 15) is 21.6 Å². The third-order valence-corrected chi connectivity index (χ3v) is 3.81. The van der Waals surface area contributed by atoms with Crippen LogP contribution in [0.4, 0.5) is 18.9 Å².